The van der Waals surface area contributed by atoms with E-state index >= 15 is 0 Å². The van der Waals surface area contributed by atoms with Gasteiger partial charge in [-0.3, -0.25) is 10.1 Å². The van der Waals surface area contributed by atoms with Crippen molar-refractivity contribution in [1.29, 1.82) is 0 Å². The molecule has 0 aliphatic carbocycles. The summed E-state index contributed by atoms with van der Waals surface area (Å²) in [4.78, 5) is 24.2. The number of hydrogen-bond donors (Lipinski definition) is 0. The Morgan fingerprint density at radius 2 is 2.28 bits per heavy atom. The zero-order valence-corrected chi connectivity index (χ0v) is 9.78. The maximum absolute atomic E-state index is 12.7. The maximum atomic E-state index is 12.7. The van der Waals surface area contributed by atoms with Gasteiger partial charge in [-0.1, -0.05) is 11.6 Å². The molecule has 0 N–H and O–H groups in total. The second-order valence-electron chi connectivity index (χ2n) is 3.01. The van der Waals surface area contributed by atoms with E-state index in [-0.39, 0.29) is 6.61 Å². The second-order valence-corrected chi connectivity index (χ2v) is 3.37. The highest BCUT2D eigenvalue weighted by Crippen LogP contribution is 2.30. The van der Waals surface area contributed by atoms with Crippen molar-refractivity contribution in [1.82, 2.24) is 4.98 Å². The topological polar surface area (TPSA) is 82.3 Å². The molecule has 0 bridgehead atoms. The summed E-state index contributed by atoms with van der Waals surface area (Å²) < 4.78 is 29.9. The molecule has 0 fully saturated rings. The van der Waals surface area contributed by atoms with E-state index in [1.165, 1.54) is 6.92 Å². The number of aromatic nitrogens is 1. The molecule has 1 aromatic rings. The summed E-state index contributed by atoms with van der Waals surface area (Å²) in [6, 6.07) is 0.520. The van der Waals surface area contributed by atoms with E-state index in [9.17, 15) is 23.7 Å². The quantitative estimate of drug-likeness (QED) is 0.366. The molecule has 0 amide bonds. The molecule has 0 unspecified atom stereocenters. The van der Waals surface area contributed by atoms with Crippen LogP contribution in [-0.2, 0) is 4.74 Å². The van der Waals surface area contributed by atoms with Gasteiger partial charge in [0.2, 0.25) is 5.15 Å². The van der Waals surface area contributed by atoms with E-state index < -0.39 is 39.4 Å². The lowest BCUT2D eigenvalue weighted by atomic mass is 10.2. The number of alkyl halides is 2. The smallest absolute Gasteiger partial charge is 0.357 e. The summed E-state index contributed by atoms with van der Waals surface area (Å²) in [6.07, 6.45) is -3.10. The van der Waals surface area contributed by atoms with Crippen LogP contribution in [0.5, 0.6) is 0 Å². The largest absolute Gasteiger partial charge is 0.461 e. The van der Waals surface area contributed by atoms with E-state index in [4.69, 9.17) is 11.6 Å². The van der Waals surface area contributed by atoms with Gasteiger partial charge in [-0.25, -0.2) is 18.6 Å². The molecular weight excluding hydrogens is 274 g/mol. The lowest BCUT2D eigenvalue weighted by molar-refractivity contribution is -0.385. The standard InChI is InChI=1S/C9H7ClF2N2O4/c1-2-18-9(15)6-4(8(11)12)3-5(14(16)17)7(10)13-6/h3,8H,2H2,1H3. The van der Waals surface area contributed by atoms with Crippen molar-refractivity contribution >= 4 is 23.3 Å². The van der Waals surface area contributed by atoms with Crippen LogP contribution in [0.25, 0.3) is 0 Å². The number of carbonyl (C=O) groups is 1. The first kappa shape index (κ1) is 14.2. The van der Waals surface area contributed by atoms with Gasteiger partial charge in [0.05, 0.1) is 17.1 Å². The van der Waals surface area contributed by atoms with E-state index in [0.29, 0.717) is 6.07 Å². The van der Waals surface area contributed by atoms with Crippen molar-refractivity contribution in [3.63, 3.8) is 0 Å². The molecule has 0 aliphatic heterocycles. The predicted molar refractivity (Wildman–Crippen MR) is 56.8 cm³/mol. The van der Waals surface area contributed by atoms with Crippen LogP contribution in [0.2, 0.25) is 5.15 Å². The lowest BCUT2D eigenvalue weighted by Crippen LogP contribution is -2.12. The van der Waals surface area contributed by atoms with Gasteiger partial charge < -0.3 is 4.74 Å². The Balaban J connectivity index is 3.38. The van der Waals surface area contributed by atoms with Crippen LogP contribution in [0.15, 0.2) is 6.07 Å². The number of nitrogens with zero attached hydrogens (tertiary/aromatic N) is 2. The zero-order chi connectivity index (χ0) is 13.9. The molecule has 0 spiro atoms. The highest BCUT2D eigenvalue weighted by Gasteiger charge is 2.27. The molecule has 1 aromatic heterocycles. The van der Waals surface area contributed by atoms with Gasteiger partial charge >= 0.3 is 11.7 Å². The average Bonchev–Trinajstić information content (AvgIpc) is 2.27. The number of esters is 1. The number of nitro groups is 1. The summed E-state index contributed by atoms with van der Waals surface area (Å²) in [5, 5.41) is 9.88. The number of carbonyl (C=O) groups excluding carboxylic acids is 1. The van der Waals surface area contributed by atoms with E-state index in [2.05, 4.69) is 9.72 Å². The third-order valence-corrected chi connectivity index (χ3v) is 2.17. The van der Waals surface area contributed by atoms with Crippen LogP contribution in [0, 0.1) is 10.1 Å². The van der Waals surface area contributed by atoms with Gasteiger partial charge in [0.15, 0.2) is 5.69 Å². The summed E-state index contributed by atoms with van der Waals surface area (Å²) in [5.74, 6) is -1.11. The first-order valence-corrected chi connectivity index (χ1v) is 5.06. The Morgan fingerprint density at radius 3 is 2.72 bits per heavy atom. The first-order valence-electron chi connectivity index (χ1n) is 4.68. The molecule has 98 valence electrons. The fourth-order valence-corrected chi connectivity index (χ4v) is 1.36. The van der Waals surface area contributed by atoms with Crippen LogP contribution >= 0.6 is 11.6 Å². The molecule has 0 saturated carbocycles. The maximum Gasteiger partial charge on any atom is 0.357 e. The van der Waals surface area contributed by atoms with Crippen molar-refractivity contribution in [3.05, 3.63) is 32.6 Å². The Labute approximate surface area is 105 Å². The molecule has 1 rings (SSSR count). The third-order valence-electron chi connectivity index (χ3n) is 1.89. The van der Waals surface area contributed by atoms with Crippen LogP contribution < -0.4 is 0 Å². The predicted octanol–water partition coefficient (Wildman–Crippen LogP) is 2.76. The van der Waals surface area contributed by atoms with Crippen molar-refractivity contribution < 1.29 is 23.2 Å². The molecule has 18 heavy (non-hydrogen) atoms. The summed E-state index contributed by atoms with van der Waals surface area (Å²) in [7, 11) is 0. The Kier molecular flexibility index (Phi) is 4.49. The van der Waals surface area contributed by atoms with Gasteiger partial charge in [-0.15, -0.1) is 0 Å². The number of pyridine rings is 1. The van der Waals surface area contributed by atoms with Gasteiger partial charge in [-0.2, -0.15) is 0 Å². The number of rotatable bonds is 4. The highest BCUT2D eigenvalue weighted by atomic mass is 35.5. The van der Waals surface area contributed by atoms with E-state index in [0.717, 1.165) is 0 Å². The number of halogens is 3. The number of ether oxygens (including phenoxy) is 1. The highest BCUT2D eigenvalue weighted by molar-refractivity contribution is 6.31. The van der Waals surface area contributed by atoms with Crippen molar-refractivity contribution in [2.75, 3.05) is 6.61 Å². The minimum atomic E-state index is -3.10. The Morgan fingerprint density at radius 1 is 1.67 bits per heavy atom. The van der Waals surface area contributed by atoms with Gasteiger partial charge in [0.25, 0.3) is 6.43 Å². The lowest BCUT2D eigenvalue weighted by Gasteiger charge is -2.07. The fourth-order valence-electron chi connectivity index (χ4n) is 1.15. The number of hydrogen-bond acceptors (Lipinski definition) is 5. The molecule has 0 aliphatic rings. The van der Waals surface area contributed by atoms with Gasteiger partial charge in [0.1, 0.15) is 0 Å². The van der Waals surface area contributed by atoms with E-state index in [1.807, 2.05) is 0 Å². The Bertz CT molecular complexity index is 496. The molecular formula is C9H7ClF2N2O4. The molecule has 0 saturated heterocycles. The molecule has 6 nitrogen and oxygen atoms in total. The van der Waals surface area contributed by atoms with Crippen molar-refractivity contribution in [3.8, 4) is 0 Å². The molecule has 0 atom stereocenters. The van der Waals surface area contributed by atoms with Crippen LogP contribution in [0.1, 0.15) is 29.4 Å². The average molecular weight is 281 g/mol. The van der Waals surface area contributed by atoms with Gasteiger partial charge in [-0.05, 0) is 6.92 Å². The van der Waals surface area contributed by atoms with Crippen LogP contribution in [-0.4, -0.2) is 22.5 Å². The minimum absolute atomic E-state index is 0.0439. The zero-order valence-electron chi connectivity index (χ0n) is 9.02. The second kappa shape index (κ2) is 5.67. The van der Waals surface area contributed by atoms with Crippen LogP contribution in [0.3, 0.4) is 0 Å². The monoisotopic (exact) mass is 280 g/mol. The molecule has 0 radical (unpaired) electrons. The molecule has 0 aromatic carbocycles. The normalized spacial score (nSPS) is 10.5. The summed E-state index contributed by atoms with van der Waals surface area (Å²) in [6.45, 7) is 1.44. The fraction of sp³-hybridized carbons (Fsp3) is 0.333. The van der Waals surface area contributed by atoms with Gasteiger partial charge in [0, 0.05) is 6.07 Å². The minimum Gasteiger partial charge on any atom is -0.461 e. The van der Waals surface area contributed by atoms with E-state index in [1.54, 1.807) is 0 Å². The third kappa shape index (κ3) is 2.89. The summed E-state index contributed by atoms with van der Waals surface area (Å²) >= 11 is 5.44. The molecule has 1 heterocycles. The Hall–Kier alpha value is -1.83. The van der Waals surface area contributed by atoms with Crippen molar-refractivity contribution in [2.24, 2.45) is 0 Å². The molecule has 9 heteroatoms. The van der Waals surface area contributed by atoms with Crippen molar-refractivity contribution in [2.45, 2.75) is 13.3 Å². The first-order chi connectivity index (χ1) is 8.38. The SMILES string of the molecule is CCOC(=O)c1nc(Cl)c([N+](=O)[O-])cc1C(F)F. The summed E-state index contributed by atoms with van der Waals surface area (Å²) in [5.41, 5.74) is -2.40. The van der Waals surface area contributed by atoms with Crippen LogP contribution in [0.4, 0.5) is 14.5 Å².